The zero-order valence-electron chi connectivity index (χ0n) is 13.6. The first-order chi connectivity index (χ1) is 11.1. The normalized spacial score (nSPS) is 14.5. The number of nitrogens with zero attached hydrogens (tertiary/aromatic N) is 1. The number of amides is 2. The molecule has 0 aliphatic heterocycles. The van der Waals surface area contributed by atoms with Crippen molar-refractivity contribution in [2.24, 2.45) is 5.73 Å². The van der Waals surface area contributed by atoms with Crippen molar-refractivity contribution in [3.8, 4) is 5.75 Å². The van der Waals surface area contributed by atoms with E-state index in [1.165, 1.54) is 12.8 Å². The molecule has 1 aromatic rings. The lowest BCUT2D eigenvalue weighted by Gasteiger charge is -2.25. The van der Waals surface area contributed by atoms with Gasteiger partial charge in [-0.2, -0.15) is 0 Å². The summed E-state index contributed by atoms with van der Waals surface area (Å²) in [6, 6.07) is 7.71. The third-order valence-corrected chi connectivity index (χ3v) is 4.12. The van der Waals surface area contributed by atoms with Crippen LogP contribution in [0.5, 0.6) is 5.75 Å². The van der Waals surface area contributed by atoms with Crippen molar-refractivity contribution in [3.05, 3.63) is 24.3 Å². The zero-order chi connectivity index (χ0) is 16.7. The molecule has 1 aromatic carbocycles. The number of ether oxygens (including phenoxy) is 1. The van der Waals surface area contributed by atoms with Gasteiger partial charge in [0.15, 0.2) is 0 Å². The maximum absolute atomic E-state index is 12.3. The number of carbonyl (C=O) groups excluding carboxylic acids is 2. The summed E-state index contributed by atoms with van der Waals surface area (Å²) in [6.45, 7) is 0.635. The van der Waals surface area contributed by atoms with Crippen LogP contribution in [-0.4, -0.2) is 38.1 Å². The summed E-state index contributed by atoms with van der Waals surface area (Å²) in [6.07, 6.45) is 4.66. The Kier molecular flexibility index (Phi) is 6.26. The quantitative estimate of drug-likeness (QED) is 0.759. The largest absolute Gasteiger partial charge is 0.497 e. The van der Waals surface area contributed by atoms with E-state index < -0.39 is 0 Å². The van der Waals surface area contributed by atoms with Crippen LogP contribution in [0.1, 0.15) is 32.1 Å². The lowest BCUT2D eigenvalue weighted by atomic mass is 10.2. The molecule has 0 spiro atoms. The monoisotopic (exact) mass is 319 g/mol. The Morgan fingerprint density at radius 3 is 2.48 bits per heavy atom. The van der Waals surface area contributed by atoms with Gasteiger partial charge in [-0.3, -0.25) is 9.59 Å². The first-order valence-electron chi connectivity index (χ1n) is 8.05. The molecule has 23 heavy (non-hydrogen) atoms. The molecular formula is C17H25N3O3. The van der Waals surface area contributed by atoms with Crippen molar-refractivity contribution in [1.29, 1.82) is 0 Å². The van der Waals surface area contributed by atoms with E-state index in [0.717, 1.165) is 24.3 Å². The molecular weight excluding hydrogens is 294 g/mol. The van der Waals surface area contributed by atoms with Crippen molar-refractivity contribution >= 4 is 17.5 Å². The summed E-state index contributed by atoms with van der Waals surface area (Å²) in [4.78, 5) is 25.2. The van der Waals surface area contributed by atoms with Gasteiger partial charge < -0.3 is 20.7 Å². The summed E-state index contributed by atoms with van der Waals surface area (Å²) in [7, 11) is 1.61. The molecule has 3 N–H and O–H groups in total. The number of nitrogens with one attached hydrogen (secondary N) is 1. The van der Waals surface area contributed by atoms with Gasteiger partial charge in [-0.15, -0.1) is 0 Å². The summed E-state index contributed by atoms with van der Waals surface area (Å²) in [5.41, 5.74) is 6.11. The van der Waals surface area contributed by atoms with Crippen LogP contribution in [0, 0.1) is 0 Å². The smallest absolute Gasteiger partial charge is 0.239 e. The molecule has 0 heterocycles. The van der Waals surface area contributed by atoms with E-state index in [2.05, 4.69) is 5.32 Å². The number of hydrogen-bond donors (Lipinski definition) is 2. The topological polar surface area (TPSA) is 84.7 Å². The first kappa shape index (κ1) is 17.1. The average molecular weight is 319 g/mol. The Bertz CT molecular complexity index is 524. The SMILES string of the molecule is COc1ccc(N(CCC(N)=O)CC(=O)NC2CCCC2)cc1. The predicted molar refractivity (Wildman–Crippen MR) is 89.4 cm³/mol. The number of carbonyl (C=O) groups is 2. The zero-order valence-corrected chi connectivity index (χ0v) is 13.6. The second-order valence-electron chi connectivity index (χ2n) is 5.88. The molecule has 0 saturated heterocycles. The van der Waals surface area contributed by atoms with Crippen molar-refractivity contribution in [3.63, 3.8) is 0 Å². The second kappa shape index (κ2) is 8.41. The fourth-order valence-corrected chi connectivity index (χ4v) is 2.85. The molecule has 1 saturated carbocycles. The Morgan fingerprint density at radius 1 is 1.26 bits per heavy atom. The highest BCUT2D eigenvalue weighted by atomic mass is 16.5. The van der Waals surface area contributed by atoms with Crippen LogP contribution in [0.3, 0.4) is 0 Å². The van der Waals surface area contributed by atoms with Crippen LogP contribution >= 0.6 is 0 Å². The van der Waals surface area contributed by atoms with Crippen LogP contribution < -0.4 is 20.7 Å². The van der Waals surface area contributed by atoms with Gasteiger partial charge in [0.1, 0.15) is 5.75 Å². The molecule has 1 aliphatic rings. The maximum Gasteiger partial charge on any atom is 0.239 e. The molecule has 126 valence electrons. The number of primary amides is 1. The molecule has 1 aliphatic carbocycles. The van der Waals surface area contributed by atoms with Gasteiger partial charge in [0.05, 0.1) is 13.7 Å². The number of methoxy groups -OCH3 is 1. The lowest BCUT2D eigenvalue weighted by molar-refractivity contribution is -0.121. The van der Waals surface area contributed by atoms with E-state index in [9.17, 15) is 9.59 Å². The minimum absolute atomic E-state index is 0.0165. The van der Waals surface area contributed by atoms with Crippen molar-refractivity contribution < 1.29 is 14.3 Å². The Morgan fingerprint density at radius 2 is 1.91 bits per heavy atom. The number of hydrogen-bond acceptors (Lipinski definition) is 4. The van der Waals surface area contributed by atoms with E-state index in [-0.39, 0.29) is 30.8 Å². The molecule has 1 fully saturated rings. The lowest BCUT2D eigenvalue weighted by Crippen LogP contribution is -2.42. The molecule has 0 bridgehead atoms. The van der Waals surface area contributed by atoms with Gasteiger partial charge in [0.2, 0.25) is 11.8 Å². The van der Waals surface area contributed by atoms with Gasteiger partial charge in [-0.05, 0) is 37.1 Å². The fourth-order valence-electron chi connectivity index (χ4n) is 2.85. The minimum atomic E-state index is -0.375. The van der Waals surface area contributed by atoms with Crippen LogP contribution in [0.2, 0.25) is 0 Å². The van der Waals surface area contributed by atoms with E-state index in [0.29, 0.717) is 6.54 Å². The Balaban J connectivity index is 1.99. The van der Waals surface area contributed by atoms with Crippen LogP contribution in [0.4, 0.5) is 5.69 Å². The van der Waals surface area contributed by atoms with Gasteiger partial charge in [-0.1, -0.05) is 12.8 Å². The maximum atomic E-state index is 12.3. The van der Waals surface area contributed by atoms with E-state index in [4.69, 9.17) is 10.5 Å². The number of benzene rings is 1. The molecule has 0 radical (unpaired) electrons. The van der Waals surface area contributed by atoms with Gasteiger partial charge in [0.25, 0.3) is 0 Å². The van der Waals surface area contributed by atoms with Crippen molar-refractivity contribution in [2.45, 2.75) is 38.1 Å². The van der Waals surface area contributed by atoms with Crippen LogP contribution in [0.15, 0.2) is 24.3 Å². The van der Waals surface area contributed by atoms with E-state index in [1.807, 2.05) is 29.2 Å². The van der Waals surface area contributed by atoms with Crippen LogP contribution in [0.25, 0.3) is 0 Å². The third kappa shape index (κ3) is 5.47. The highest BCUT2D eigenvalue weighted by Gasteiger charge is 2.19. The number of nitrogens with two attached hydrogens (primary N) is 1. The molecule has 2 amide bonds. The first-order valence-corrected chi connectivity index (χ1v) is 8.05. The van der Waals surface area contributed by atoms with Gasteiger partial charge in [0, 0.05) is 24.7 Å². The van der Waals surface area contributed by atoms with E-state index >= 15 is 0 Å². The van der Waals surface area contributed by atoms with E-state index in [1.54, 1.807) is 7.11 Å². The number of anilines is 1. The average Bonchev–Trinajstić information content (AvgIpc) is 3.04. The molecule has 2 rings (SSSR count). The fraction of sp³-hybridized carbons (Fsp3) is 0.529. The molecule has 0 unspecified atom stereocenters. The Labute approximate surface area is 137 Å². The summed E-state index contributed by atoms with van der Waals surface area (Å²) < 4.78 is 5.14. The van der Waals surface area contributed by atoms with Crippen LogP contribution in [-0.2, 0) is 9.59 Å². The minimum Gasteiger partial charge on any atom is -0.497 e. The standard InChI is InChI=1S/C17H25N3O3/c1-23-15-8-6-14(7-9-15)20(11-10-16(18)21)12-17(22)19-13-4-2-3-5-13/h6-9,13H,2-5,10-12H2,1H3,(H2,18,21)(H,19,22). The predicted octanol–water partition coefficient (Wildman–Crippen LogP) is 1.44. The van der Waals surface area contributed by atoms with Gasteiger partial charge >= 0.3 is 0 Å². The molecule has 6 nitrogen and oxygen atoms in total. The van der Waals surface area contributed by atoms with Gasteiger partial charge in [-0.25, -0.2) is 0 Å². The molecule has 6 heteroatoms. The summed E-state index contributed by atoms with van der Waals surface area (Å²) in [5, 5.41) is 3.07. The highest BCUT2D eigenvalue weighted by molar-refractivity contribution is 5.82. The van der Waals surface area contributed by atoms with Crippen molar-refractivity contribution in [1.82, 2.24) is 5.32 Å². The molecule has 0 aromatic heterocycles. The second-order valence-corrected chi connectivity index (χ2v) is 5.88. The summed E-state index contributed by atoms with van der Waals surface area (Å²) >= 11 is 0. The highest BCUT2D eigenvalue weighted by Crippen LogP contribution is 2.20. The van der Waals surface area contributed by atoms with Crippen molar-refractivity contribution in [2.75, 3.05) is 25.1 Å². The molecule has 0 atom stereocenters. The third-order valence-electron chi connectivity index (χ3n) is 4.12. The number of rotatable bonds is 8. The Hall–Kier alpha value is -2.24. The summed E-state index contributed by atoms with van der Waals surface area (Å²) in [5.74, 6) is 0.357.